The van der Waals surface area contributed by atoms with Crippen molar-refractivity contribution in [3.8, 4) is 5.75 Å². The van der Waals surface area contributed by atoms with Crippen LogP contribution in [-0.2, 0) is 4.79 Å². The first kappa shape index (κ1) is 15.7. The van der Waals surface area contributed by atoms with Crippen LogP contribution >= 0.6 is 23.2 Å². The van der Waals surface area contributed by atoms with Crippen LogP contribution in [0.1, 0.15) is 18.5 Å². The van der Waals surface area contributed by atoms with E-state index in [1.165, 1.54) is 0 Å². The van der Waals surface area contributed by atoms with Crippen molar-refractivity contribution in [3.63, 3.8) is 0 Å². The maximum absolute atomic E-state index is 11.9. The molecule has 3 nitrogen and oxygen atoms in total. The number of para-hydroxylation sites is 1. The van der Waals surface area contributed by atoms with Crippen molar-refractivity contribution >= 4 is 29.1 Å². The molecule has 0 radical (unpaired) electrons. The van der Waals surface area contributed by atoms with Gasteiger partial charge < -0.3 is 10.1 Å². The second-order valence-corrected chi connectivity index (χ2v) is 5.41. The lowest BCUT2D eigenvalue weighted by Gasteiger charge is -2.15. The second kappa shape index (κ2) is 7.34. The van der Waals surface area contributed by atoms with Crippen LogP contribution in [0, 0.1) is 0 Å². The molecule has 110 valence electrons. The summed E-state index contributed by atoms with van der Waals surface area (Å²) < 4.78 is 5.39. The van der Waals surface area contributed by atoms with Gasteiger partial charge >= 0.3 is 0 Å². The van der Waals surface area contributed by atoms with E-state index in [9.17, 15) is 4.79 Å². The molecule has 1 amide bonds. The molecule has 0 spiro atoms. The minimum atomic E-state index is -0.220. The summed E-state index contributed by atoms with van der Waals surface area (Å²) in [6.07, 6.45) is 0. The zero-order valence-corrected chi connectivity index (χ0v) is 13.0. The highest BCUT2D eigenvalue weighted by Crippen LogP contribution is 2.23. The Hall–Kier alpha value is -1.71. The van der Waals surface area contributed by atoms with Crippen LogP contribution in [0.15, 0.2) is 48.5 Å². The van der Waals surface area contributed by atoms with Gasteiger partial charge in [0.1, 0.15) is 5.75 Å². The SMILES string of the molecule is C[C@H](NC(=O)COc1ccccc1Cl)c1cccc(Cl)c1. The normalized spacial score (nSPS) is 11.8. The smallest absolute Gasteiger partial charge is 0.258 e. The van der Waals surface area contributed by atoms with Crippen LogP contribution in [0.25, 0.3) is 0 Å². The monoisotopic (exact) mass is 323 g/mol. The molecule has 2 rings (SSSR count). The van der Waals surface area contributed by atoms with Gasteiger partial charge in [0, 0.05) is 5.02 Å². The summed E-state index contributed by atoms with van der Waals surface area (Å²) in [4.78, 5) is 11.9. The van der Waals surface area contributed by atoms with E-state index in [2.05, 4.69) is 5.32 Å². The van der Waals surface area contributed by atoms with E-state index < -0.39 is 0 Å². The highest BCUT2D eigenvalue weighted by Gasteiger charge is 2.11. The van der Waals surface area contributed by atoms with Crippen molar-refractivity contribution < 1.29 is 9.53 Å². The minimum Gasteiger partial charge on any atom is -0.482 e. The van der Waals surface area contributed by atoms with Gasteiger partial charge in [-0.05, 0) is 36.8 Å². The van der Waals surface area contributed by atoms with Crippen LogP contribution in [0.4, 0.5) is 0 Å². The predicted octanol–water partition coefficient (Wildman–Crippen LogP) is 4.25. The van der Waals surface area contributed by atoms with Gasteiger partial charge in [-0.2, -0.15) is 0 Å². The number of carbonyl (C=O) groups is 1. The van der Waals surface area contributed by atoms with E-state index in [0.717, 1.165) is 5.56 Å². The summed E-state index contributed by atoms with van der Waals surface area (Å²) in [7, 11) is 0. The molecule has 0 saturated heterocycles. The van der Waals surface area contributed by atoms with Gasteiger partial charge in [-0.15, -0.1) is 0 Å². The highest BCUT2D eigenvalue weighted by atomic mass is 35.5. The fraction of sp³-hybridized carbons (Fsp3) is 0.188. The second-order valence-electron chi connectivity index (χ2n) is 4.56. The van der Waals surface area contributed by atoms with Crippen molar-refractivity contribution in [2.45, 2.75) is 13.0 Å². The summed E-state index contributed by atoms with van der Waals surface area (Å²) >= 11 is 11.9. The van der Waals surface area contributed by atoms with Gasteiger partial charge in [0.2, 0.25) is 0 Å². The van der Waals surface area contributed by atoms with Crippen LogP contribution in [0.5, 0.6) is 5.75 Å². The summed E-state index contributed by atoms with van der Waals surface area (Å²) in [6, 6.07) is 14.3. The maximum atomic E-state index is 11.9. The first-order valence-electron chi connectivity index (χ1n) is 6.48. The Morgan fingerprint density at radius 1 is 1.19 bits per heavy atom. The molecule has 1 N–H and O–H groups in total. The topological polar surface area (TPSA) is 38.3 Å². The average molecular weight is 324 g/mol. The Labute approximate surface area is 133 Å². The van der Waals surface area contributed by atoms with E-state index in [-0.39, 0.29) is 18.6 Å². The lowest BCUT2D eigenvalue weighted by atomic mass is 10.1. The summed E-state index contributed by atoms with van der Waals surface area (Å²) in [6.45, 7) is 1.80. The number of halogens is 2. The van der Waals surface area contributed by atoms with Gasteiger partial charge in [0.15, 0.2) is 6.61 Å². The van der Waals surface area contributed by atoms with Crippen LogP contribution in [0.2, 0.25) is 10.0 Å². The molecule has 0 aliphatic rings. The molecular formula is C16H15Cl2NO2. The van der Waals surface area contributed by atoms with Crippen LogP contribution < -0.4 is 10.1 Å². The lowest BCUT2D eigenvalue weighted by Crippen LogP contribution is -2.31. The fourth-order valence-corrected chi connectivity index (χ4v) is 2.24. The molecule has 5 heteroatoms. The molecule has 0 aromatic heterocycles. The number of rotatable bonds is 5. The lowest BCUT2D eigenvalue weighted by molar-refractivity contribution is -0.123. The first-order valence-corrected chi connectivity index (χ1v) is 7.24. The molecule has 0 bridgehead atoms. The van der Waals surface area contributed by atoms with Crippen molar-refractivity contribution in [2.24, 2.45) is 0 Å². The zero-order chi connectivity index (χ0) is 15.2. The number of nitrogens with one attached hydrogen (secondary N) is 1. The number of hydrogen-bond acceptors (Lipinski definition) is 2. The van der Waals surface area contributed by atoms with Crippen molar-refractivity contribution in [1.82, 2.24) is 5.32 Å². The van der Waals surface area contributed by atoms with Gasteiger partial charge in [-0.3, -0.25) is 4.79 Å². The van der Waals surface area contributed by atoms with Crippen LogP contribution in [-0.4, -0.2) is 12.5 Å². The number of carbonyl (C=O) groups excluding carboxylic acids is 1. The maximum Gasteiger partial charge on any atom is 0.258 e. The minimum absolute atomic E-state index is 0.0887. The molecule has 0 aliphatic heterocycles. The fourth-order valence-electron chi connectivity index (χ4n) is 1.85. The Bertz CT molecular complexity index is 631. The highest BCUT2D eigenvalue weighted by molar-refractivity contribution is 6.32. The van der Waals surface area contributed by atoms with Gasteiger partial charge in [-0.1, -0.05) is 47.5 Å². The van der Waals surface area contributed by atoms with E-state index in [1.54, 1.807) is 30.3 Å². The summed E-state index contributed by atoms with van der Waals surface area (Å²) in [5.41, 5.74) is 0.939. The zero-order valence-electron chi connectivity index (χ0n) is 11.5. The third-order valence-electron chi connectivity index (χ3n) is 2.92. The molecular weight excluding hydrogens is 309 g/mol. The van der Waals surface area contributed by atoms with Gasteiger partial charge in [0.25, 0.3) is 5.91 Å². The molecule has 2 aromatic rings. The van der Waals surface area contributed by atoms with Crippen molar-refractivity contribution in [1.29, 1.82) is 0 Å². The predicted molar refractivity (Wildman–Crippen MR) is 85.0 cm³/mol. The molecule has 0 unspecified atom stereocenters. The molecule has 0 heterocycles. The van der Waals surface area contributed by atoms with E-state index in [4.69, 9.17) is 27.9 Å². The summed E-state index contributed by atoms with van der Waals surface area (Å²) in [5, 5.41) is 3.97. The number of hydrogen-bond donors (Lipinski definition) is 1. The first-order chi connectivity index (χ1) is 10.1. The standard InChI is InChI=1S/C16H15Cl2NO2/c1-11(12-5-4-6-13(17)9-12)19-16(20)10-21-15-8-3-2-7-14(15)18/h2-9,11H,10H2,1H3,(H,19,20)/t11-/m0/s1. The Morgan fingerprint density at radius 2 is 1.95 bits per heavy atom. The van der Waals surface area contributed by atoms with Crippen molar-refractivity contribution in [2.75, 3.05) is 6.61 Å². The Kier molecular flexibility index (Phi) is 5.48. The molecule has 0 aliphatic carbocycles. The van der Waals surface area contributed by atoms with E-state index in [0.29, 0.717) is 15.8 Å². The summed E-state index contributed by atoms with van der Waals surface area (Å²) in [5.74, 6) is 0.270. The number of ether oxygens (including phenoxy) is 1. The van der Waals surface area contributed by atoms with Crippen molar-refractivity contribution in [3.05, 3.63) is 64.1 Å². The third kappa shape index (κ3) is 4.66. The van der Waals surface area contributed by atoms with Gasteiger partial charge in [0.05, 0.1) is 11.1 Å². The quantitative estimate of drug-likeness (QED) is 0.893. The number of benzene rings is 2. The van der Waals surface area contributed by atoms with E-state index >= 15 is 0 Å². The van der Waals surface area contributed by atoms with E-state index in [1.807, 2.05) is 25.1 Å². The molecule has 2 aromatic carbocycles. The third-order valence-corrected chi connectivity index (χ3v) is 3.47. The Balaban J connectivity index is 1.89. The van der Waals surface area contributed by atoms with Crippen LogP contribution in [0.3, 0.4) is 0 Å². The number of amides is 1. The molecule has 1 atom stereocenters. The molecule has 21 heavy (non-hydrogen) atoms. The molecule has 0 fully saturated rings. The molecule has 0 saturated carbocycles. The average Bonchev–Trinajstić information content (AvgIpc) is 2.46. The van der Waals surface area contributed by atoms with Gasteiger partial charge in [-0.25, -0.2) is 0 Å². The Morgan fingerprint density at radius 3 is 2.67 bits per heavy atom. The largest absolute Gasteiger partial charge is 0.482 e.